The van der Waals surface area contributed by atoms with Crippen LogP contribution in [0.15, 0.2) is 24.9 Å². The Morgan fingerprint density at radius 2 is 2.13 bits per heavy atom. The van der Waals surface area contributed by atoms with Crippen LogP contribution in [0.2, 0.25) is 0 Å². The minimum Gasteiger partial charge on any atom is -0.349 e. The van der Waals surface area contributed by atoms with E-state index in [0.29, 0.717) is 19.6 Å². The summed E-state index contributed by atoms with van der Waals surface area (Å²) >= 11 is 0. The number of hydrogen-bond donors (Lipinski definition) is 0. The molecule has 0 saturated carbocycles. The number of aromatic nitrogens is 1. The molecule has 1 amide bonds. The molecule has 0 aliphatic carbocycles. The van der Waals surface area contributed by atoms with Crippen LogP contribution in [-0.2, 0) is 11.0 Å². The highest BCUT2D eigenvalue weighted by Crippen LogP contribution is 2.35. The normalized spacial score (nSPS) is 20.8. The number of halogens is 3. The summed E-state index contributed by atoms with van der Waals surface area (Å²) in [6.07, 6.45) is -2.51. The predicted molar refractivity (Wildman–Crippen MR) is 76.1 cm³/mol. The Kier molecular flexibility index (Phi) is 3.62. The van der Waals surface area contributed by atoms with Crippen LogP contribution in [0.25, 0.3) is 0 Å². The topological polar surface area (TPSA) is 53.5 Å². The number of carbonyl (C=O) groups is 2. The van der Waals surface area contributed by atoms with E-state index in [1.54, 1.807) is 4.90 Å². The monoisotopic (exact) mass is 325 g/mol. The Morgan fingerprint density at radius 1 is 1.39 bits per heavy atom. The van der Waals surface area contributed by atoms with E-state index in [0.717, 1.165) is 12.3 Å². The van der Waals surface area contributed by atoms with E-state index in [2.05, 4.69) is 11.6 Å². The van der Waals surface area contributed by atoms with Gasteiger partial charge < -0.3 is 9.80 Å². The lowest BCUT2D eigenvalue weighted by Gasteiger charge is -2.44. The summed E-state index contributed by atoms with van der Waals surface area (Å²) < 4.78 is 38.3. The van der Waals surface area contributed by atoms with Gasteiger partial charge in [-0.15, -0.1) is 0 Å². The third-order valence-electron chi connectivity index (χ3n) is 4.16. The smallest absolute Gasteiger partial charge is 0.349 e. The van der Waals surface area contributed by atoms with Gasteiger partial charge in [0.2, 0.25) is 5.91 Å². The van der Waals surface area contributed by atoms with Gasteiger partial charge in [0.05, 0.1) is 17.2 Å². The Hall–Kier alpha value is -2.38. The maximum absolute atomic E-state index is 12.8. The van der Waals surface area contributed by atoms with Crippen molar-refractivity contribution in [1.82, 2.24) is 9.88 Å². The molecule has 0 aromatic carbocycles. The first kappa shape index (κ1) is 15.5. The van der Waals surface area contributed by atoms with Crippen molar-refractivity contribution < 1.29 is 22.8 Å². The van der Waals surface area contributed by atoms with Crippen LogP contribution >= 0.6 is 0 Å². The highest BCUT2D eigenvalue weighted by atomic mass is 19.4. The number of carbonyl (C=O) groups excluding carboxylic acids is 2. The summed E-state index contributed by atoms with van der Waals surface area (Å²) in [4.78, 5) is 31.2. The second-order valence-corrected chi connectivity index (χ2v) is 5.56. The zero-order valence-electron chi connectivity index (χ0n) is 12.1. The lowest BCUT2D eigenvalue weighted by Crippen LogP contribution is -2.57. The summed E-state index contributed by atoms with van der Waals surface area (Å²) in [6.45, 7) is 4.60. The quantitative estimate of drug-likeness (QED) is 0.740. The van der Waals surface area contributed by atoms with Crippen molar-refractivity contribution in [3.8, 4) is 0 Å². The third kappa shape index (κ3) is 2.69. The summed E-state index contributed by atoms with van der Waals surface area (Å²) in [6, 6.07) is 0.596. The number of fused-ring (bicyclic) bond motifs is 3. The molecule has 5 nitrogen and oxygen atoms in total. The molecule has 23 heavy (non-hydrogen) atoms. The van der Waals surface area contributed by atoms with Gasteiger partial charge in [-0.25, -0.2) is 4.98 Å². The van der Waals surface area contributed by atoms with Gasteiger partial charge in [-0.3, -0.25) is 9.59 Å². The zero-order chi connectivity index (χ0) is 16.8. The first-order valence-corrected chi connectivity index (χ1v) is 7.09. The molecule has 1 fully saturated rings. The lowest BCUT2D eigenvalue weighted by molar-refractivity contribution is -0.137. The highest BCUT2D eigenvalue weighted by Gasteiger charge is 2.39. The van der Waals surface area contributed by atoms with E-state index < -0.39 is 11.7 Å². The first-order valence-electron chi connectivity index (χ1n) is 7.09. The highest BCUT2D eigenvalue weighted by molar-refractivity contribution is 6.03. The number of alkyl halides is 3. The molecule has 0 N–H and O–H groups in total. The summed E-state index contributed by atoms with van der Waals surface area (Å²) in [5.74, 6) is -0.332. The van der Waals surface area contributed by atoms with Gasteiger partial charge in [0.1, 0.15) is 5.82 Å². The van der Waals surface area contributed by atoms with Crippen molar-refractivity contribution in [2.75, 3.05) is 24.5 Å². The average molecular weight is 325 g/mol. The van der Waals surface area contributed by atoms with Crippen LogP contribution in [0.5, 0.6) is 0 Å². The average Bonchev–Trinajstić information content (AvgIpc) is 2.52. The van der Waals surface area contributed by atoms with Gasteiger partial charge in [0, 0.05) is 32.3 Å². The Bertz CT molecular complexity index is 687. The molecule has 1 aromatic heterocycles. The van der Waals surface area contributed by atoms with Gasteiger partial charge in [-0.2, -0.15) is 13.2 Å². The van der Waals surface area contributed by atoms with E-state index in [1.807, 2.05) is 4.90 Å². The Morgan fingerprint density at radius 3 is 2.78 bits per heavy atom. The van der Waals surface area contributed by atoms with Gasteiger partial charge >= 0.3 is 6.18 Å². The molecule has 122 valence electrons. The van der Waals surface area contributed by atoms with Crippen molar-refractivity contribution >= 4 is 17.5 Å². The molecular weight excluding hydrogens is 311 g/mol. The van der Waals surface area contributed by atoms with Crippen LogP contribution in [0, 0.1) is 0 Å². The van der Waals surface area contributed by atoms with Gasteiger partial charge in [-0.05, 0) is 12.1 Å². The molecule has 1 atom stereocenters. The molecule has 8 heteroatoms. The molecule has 3 heterocycles. The molecule has 0 spiro atoms. The third-order valence-corrected chi connectivity index (χ3v) is 4.16. The number of amides is 1. The minimum absolute atomic E-state index is 0.000396. The summed E-state index contributed by atoms with van der Waals surface area (Å²) in [7, 11) is 0. The maximum Gasteiger partial charge on any atom is 0.417 e. The van der Waals surface area contributed by atoms with Crippen LogP contribution in [0.1, 0.15) is 22.3 Å². The van der Waals surface area contributed by atoms with E-state index in [4.69, 9.17) is 0 Å². The second kappa shape index (κ2) is 5.36. The maximum atomic E-state index is 12.8. The first-order chi connectivity index (χ1) is 10.8. The SMILES string of the molecule is C=CC(=O)N1CCN2c3ncc(C(F)(F)F)cc3C(=O)C[C@H]2C1. The summed E-state index contributed by atoms with van der Waals surface area (Å²) in [5, 5.41) is 0. The van der Waals surface area contributed by atoms with Crippen molar-refractivity contribution in [2.45, 2.75) is 18.6 Å². The molecule has 3 rings (SSSR count). The largest absolute Gasteiger partial charge is 0.417 e. The number of hydrogen-bond acceptors (Lipinski definition) is 4. The van der Waals surface area contributed by atoms with E-state index in [9.17, 15) is 22.8 Å². The number of piperazine rings is 1. The van der Waals surface area contributed by atoms with E-state index in [1.165, 1.54) is 6.08 Å². The molecule has 0 unspecified atom stereocenters. The van der Waals surface area contributed by atoms with Gasteiger partial charge in [0.25, 0.3) is 0 Å². The number of Topliss-reactive ketones (excluding diaryl/α,β-unsaturated/α-hetero) is 1. The molecule has 1 aromatic rings. The minimum atomic E-state index is -4.53. The molecule has 1 saturated heterocycles. The van der Waals surface area contributed by atoms with E-state index >= 15 is 0 Å². The number of rotatable bonds is 1. The molecular formula is C15H14F3N3O2. The van der Waals surface area contributed by atoms with Crippen LogP contribution in [0.4, 0.5) is 19.0 Å². The number of anilines is 1. The number of pyridine rings is 1. The number of nitrogens with zero attached hydrogens (tertiary/aromatic N) is 3. The zero-order valence-corrected chi connectivity index (χ0v) is 12.1. The Labute approximate surface area is 130 Å². The molecule has 0 radical (unpaired) electrons. The van der Waals surface area contributed by atoms with Crippen molar-refractivity contribution in [1.29, 1.82) is 0 Å². The van der Waals surface area contributed by atoms with Crippen LogP contribution in [-0.4, -0.2) is 47.3 Å². The fraction of sp³-hybridized carbons (Fsp3) is 0.400. The Balaban J connectivity index is 1.92. The standard InChI is InChI=1S/C15H14F3N3O2/c1-2-13(23)20-3-4-21-10(8-20)6-12(22)11-5-9(15(16,17)18)7-19-14(11)21/h2,5,7,10H,1,3-4,6,8H2/t10-/m0/s1. The van der Waals surface area contributed by atoms with Gasteiger partial charge in [0.15, 0.2) is 5.78 Å². The molecule has 2 aliphatic rings. The van der Waals surface area contributed by atoms with Crippen molar-refractivity contribution in [2.24, 2.45) is 0 Å². The second-order valence-electron chi connectivity index (χ2n) is 5.56. The summed E-state index contributed by atoms with van der Waals surface area (Å²) in [5.41, 5.74) is -0.928. The van der Waals surface area contributed by atoms with Crippen molar-refractivity contribution in [3.05, 3.63) is 36.0 Å². The predicted octanol–water partition coefficient (Wildman–Crippen LogP) is 1.89. The molecule has 0 bridgehead atoms. The van der Waals surface area contributed by atoms with Crippen molar-refractivity contribution in [3.63, 3.8) is 0 Å². The van der Waals surface area contributed by atoms with Gasteiger partial charge in [-0.1, -0.05) is 6.58 Å². The fourth-order valence-corrected chi connectivity index (χ4v) is 3.01. The van der Waals surface area contributed by atoms with Crippen LogP contribution < -0.4 is 4.90 Å². The number of ketones is 1. The molecule has 2 aliphatic heterocycles. The van der Waals surface area contributed by atoms with Crippen LogP contribution in [0.3, 0.4) is 0 Å². The lowest BCUT2D eigenvalue weighted by atomic mass is 9.94. The van der Waals surface area contributed by atoms with E-state index in [-0.39, 0.29) is 35.5 Å². The fourth-order valence-electron chi connectivity index (χ4n) is 3.01.